The van der Waals surface area contributed by atoms with Gasteiger partial charge in [-0.1, -0.05) is 12.1 Å². The summed E-state index contributed by atoms with van der Waals surface area (Å²) in [6, 6.07) is 7.15. The molecule has 2 rings (SSSR count). The van der Waals surface area contributed by atoms with Crippen LogP contribution >= 0.6 is 0 Å². The first-order chi connectivity index (χ1) is 6.27. The van der Waals surface area contributed by atoms with Gasteiger partial charge in [-0.05, 0) is 19.1 Å². The molecule has 0 atom stereocenters. The van der Waals surface area contributed by atoms with Crippen molar-refractivity contribution in [3.05, 3.63) is 36.3 Å². The van der Waals surface area contributed by atoms with Gasteiger partial charge in [0.2, 0.25) is 0 Å². The van der Waals surface area contributed by atoms with Gasteiger partial charge in [0.05, 0.1) is 6.26 Å². The number of rotatable bonds is 0. The molecule has 0 amide bonds. The molecular weight excluding hydrogens is 255 g/mol. The van der Waals surface area contributed by atoms with Gasteiger partial charge in [-0.25, -0.2) is 0 Å². The number of aliphatic hydroxyl groups is 1. The van der Waals surface area contributed by atoms with E-state index in [-0.39, 0.29) is 39.3 Å². The first-order valence-corrected chi connectivity index (χ1v) is 4.07. The minimum atomic E-state index is 0. The van der Waals surface area contributed by atoms with E-state index in [9.17, 15) is 0 Å². The molecule has 1 aromatic heterocycles. The predicted molar refractivity (Wildman–Crippen MR) is 53.0 cm³/mol. The molecule has 1 radical (unpaired) electrons. The summed E-state index contributed by atoms with van der Waals surface area (Å²) >= 11 is 0. The summed E-state index contributed by atoms with van der Waals surface area (Å²) in [6.45, 7) is 1.93. The molecule has 0 saturated heterocycles. The van der Waals surface area contributed by atoms with Crippen LogP contribution in [0, 0.1) is 0 Å². The van der Waals surface area contributed by atoms with Crippen molar-refractivity contribution in [1.29, 1.82) is 0 Å². The summed E-state index contributed by atoms with van der Waals surface area (Å²) in [5.41, 5.74) is 8.64. The molecule has 3 nitrogen and oxygen atoms in total. The van der Waals surface area contributed by atoms with Gasteiger partial charge < -0.3 is 15.3 Å². The topological polar surface area (TPSA) is 57.2 Å². The fourth-order valence-corrected chi connectivity index (χ4v) is 0.967. The van der Waals surface area contributed by atoms with Crippen molar-refractivity contribution in [1.82, 2.24) is 0 Å². The summed E-state index contributed by atoms with van der Waals surface area (Å²) in [7, 11) is 0. The van der Waals surface area contributed by atoms with Crippen LogP contribution in [0.3, 0.4) is 0 Å². The van der Waals surface area contributed by atoms with Gasteiger partial charge in [0.15, 0.2) is 0 Å². The normalized spacial score (nSPS) is 8.71. The molecule has 14 heavy (non-hydrogen) atoms. The van der Waals surface area contributed by atoms with Crippen molar-refractivity contribution < 1.29 is 42.2 Å². The Morgan fingerprint density at radius 3 is 2.64 bits per heavy atom. The third kappa shape index (κ3) is 3.78. The van der Waals surface area contributed by atoms with Crippen LogP contribution in [0.5, 0.6) is 0 Å². The maximum atomic E-state index is 7.57. The van der Waals surface area contributed by atoms with Crippen molar-refractivity contribution in [2.45, 2.75) is 6.92 Å². The van der Waals surface area contributed by atoms with Crippen LogP contribution in [-0.4, -0.2) is 11.7 Å². The number of hydrogen-bond acceptors (Lipinski definition) is 2. The van der Waals surface area contributed by atoms with Crippen molar-refractivity contribution in [3.8, 4) is 0 Å². The van der Waals surface area contributed by atoms with E-state index < -0.39 is 0 Å². The average Bonchev–Trinajstić information content (AvgIpc) is 2.52. The molecule has 0 bridgehead atoms. The smallest absolute Gasteiger partial charge is 0.133 e. The standard InChI is InChI=1S/C8H6NO.C2H6O.Y/c9-7-1-2-8-6(5-7)3-4-10-8;1-2-3;/h1-5,9H;3H,2H2,1H3;/q-1;;. The minimum absolute atomic E-state index is 0. The van der Waals surface area contributed by atoms with Crippen molar-refractivity contribution in [3.63, 3.8) is 0 Å². The van der Waals surface area contributed by atoms with E-state index >= 15 is 0 Å². The van der Waals surface area contributed by atoms with Gasteiger partial charge >= 0.3 is 0 Å². The molecule has 73 valence electrons. The van der Waals surface area contributed by atoms with Gasteiger partial charge in [-0.2, -0.15) is 0 Å². The van der Waals surface area contributed by atoms with Crippen LogP contribution in [0.25, 0.3) is 16.7 Å². The molecule has 2 N–H and O–H groups in total. The molecule has 0 unspecified atom stereocenters. The summed E-state index contributed by atoms with van der Waals surface area (Å²) in [5, 5.41) is 8.56. The number of aliphatic hydroxyl groups excluding tert-OH is 1. The number of benzene rings is 1. The Morgan fingerprint density at radius 1 is 1.36 bits per heavy atom. The van der Waals surface area contributed by atoms with Crippen molar-refractivity contribution in [2.75, 3.05) is 6.61 Å². The van der Waals surface area contributed by atoms with Gasteiger partial charge in [-0.3, -0.25) is 0 Å². The monoisotopic (exact) mass is 267 g/mol. The third-order valence-corrected chi connectivity index (χ3v) is 1.45. The van der Waals surface area contributed by atoms with E-state index in [4.69, 9.17) is 15.3 Å². The Balaban J connectivity index is 0.000000381. The molecular formula is C10H12NO2Y-. The largest absolute Gasteiger partial charge is 0.699 e. The zero-order valence-electron chi connectivity index (χ0n) is 8.03. The van der Waals surface area contributed by atoms with Crippen LogP contribution in [0.2, 0.25) is 0 Å². The fraction of sp³-hybridized carbons (Fsp3) is 0.200. The molecule has 0 spiro atoms. The van der Waals surface area contributed by atoms with E-state index in [0.29, 0.717) is 5.69 Å². The van der Waals surface area contributed by atoms with Crippen molar-refractivity contribution >= 4 is 16.7 Å². The first kappa shape index (κ1) is 13.6. The Bertz CT molecular complexity index is 373. The first-order valence-electron chi connectivity index (χ1n) is 4.07. The van der Waals surface area contributed by atoms with Crippen LogP contribution in [0.1, 0.15) is 6.92 Å². The molecule has 1 aromatic carbocycles. The van der Waals surface area contributed by atoms with E-state index in [2.05, 4.69) is 0 Å². The Morgan fingerprint density at radius 2 is 2.00 bits per heavy atom. The second-order valence-electron chi connectivity index (χ2n) is 2.49. The number of furan rings is 1. The molecule has 0 aliphatic heterocycles. The fourth-order valence-electron chi connectivity index (χ4n) is 0.967. The van der Waals surface area contributed by atoms with Crippen LogP contribution in [-0.2, 0) is 32.7 Å². The Labute approximate surface area is 108 Å². The summed E-state index contributed by atoms with van der Waals surface area (Å²) in [5.74, 6) is 0. The van der Waals surface area contributed by atoms with Crippen LogP contribution < -0.4 is 0 Å². The number of nitrogens with one attached hydrogen (secondary N) is 1. The number of fused-ring (bicyclic) bond motifs is 1. The Hall–Kier alpha value is -0.376. The summed E-state index contributed by atoms with van der Waals surface area (Å²) in [4.78, 5) is 0. The molecule has 0 saturated carbocycles. The summed E-state index contributed by atoms with van der Waals surface area (Å²) in [6.07, 6.45) is 1.63. The van der Waals surface area contributed by atoms with Crippen LogP contribution in [0.4, 0.5) is 5.69 Å². The zero-order chi connectivity index (χ0) is 9.68. The van der Waals surface area contributed by atoms with Gasteiger partial charge in [0.1, 0.15) is 5.58 Å². The molecule has 2 aromatic rings. The van der Waals surface area contributed by atoms with Crippen molar-refractivity contribution in [2.24, 2.45) is 0 Å². The van der Waals surface area contributed by atoms with E-state index in [1.54, 1.807) is 31.4 Å². The van der Waals surface area contributed by atoms with E-state index in [0.717, 1.165) is 11.0 Å². The molecule has 0 fully saturated rings. The second kappa shape index (κ2) is 6.99. The molecule has 0 aliphatic rings. The molecule has 0 aliphatic carbocycles. The molecule has 1 heterocycles. The minimum Gasteiger partial charge on any atom is -0.699 e. The molecule has 4 heteroatoms. The SMILES string of the molecule is CCO.[NH-]c1ccc2occc2c1.[Y]. The number of hydrogen-bond donors (Lipinski definition) is 1. The van der Waals surface area contributed by atoms with Gasteiger partial charge in [-0.15, -0.1) is 5.69 Å². The van der Waals surface area contributed by atoms with E-state index in [1.165, 1.54) is 0 Å². The maximum Gasteiger partial charge on any atom is 0.133 e. The summed E-state index contributed by atoms with van der Waals surface area (Å²) < 4.78 is 5.09. The second-order valence-corrected chi connectivity index (χ2v) is 2.49. The predicted octanol–water partition coefficient (Wildman–Crippen LogP) is 3.11. The quantitative estimate of drug-likeness (QED) is 0.797. The average molecular weight is 267 g/mol. The Kier molecular flexibility index (Phi) is 6.80. The van der Waals surface area contributed by atoms with Gasteiger partial charge in [0.25, 0.3) is 0 Å². The zero-order valence-corrected chi connectivity index (χ0v) is 10.9. The van der Waals surface area contributed by atoms with Gasteiger partial charge in [0, 0.05) is 44.7 Å². The van der Waals surface area contributed by atoms with E-state index in [1.807, 2.05) is 6.07 Å². The third-order valence-electron chi connectivity index (χ3n) is 1.45. The maximum absolute atomic E-state index is 7.57. The van der Waals surface area contributed by atoms with Crippen LogP contribution in [0.15, 0.2) is 34.9 Å².